The third-order valence-corrected chi connectivity index (χ3v) is 4.43. The molecule has 0 fully saturated rings. The fourth-order valence-corrected chi connectivity index (χ4v) is 2.95. The van der Waals surface area contributed by atoms with Gasteiger partial charge in [0.05, 0.1) is 11.3 Å². The van der Waals surface area contributed by atoms with Gasteiger partial charge in [0.25, 0.3) is 5.91 Å². The topological polar surface area (TPSA) is 79.5 Å². The number of nitrogens with one attached hydrogen (secondary N) is 1. The van der Waals surface area contributed by atoms with Crippen LogP contribution >= 0.6 is 11.8 Å². The largest absolute Gasteiger partial charge is 0.478 e. The second kappa shape index (κ2) is 7.72. The minimum atomic E-state index is -1.01. The van der Waals surface area contributed by atoms with Gasteiger partial charge in [0.15, 0.2) is 5.76 Å². The van der Waals surface area contributed by atoms with E-state index < -0.39 is 5.97 Å². The van der Waals surface area contributed by atoms with Gasteiger partial charge in [-0.3, -0.25) is 4.79 Å². The van der Waals surface area contributed by atoms with E-state index in [-0.39, 0.29) is 17.2 Å². The summed E-state index contributed by atoms with van der Waals surface area (Å²) in [5.41, 5.74) is 0.669. The van der Waals surface area contributed by atoms with Gasteiger partial charge in [0.2, 0.25) is 0 Å². The molecule has 0 aliphatic rings. The Morgan fingerprint density at radius 3 is 2.36 bits per heavy atom. The number of aromatic carboxylic acids is 1. The van der Waals surface area contributed by atoms with Gasteiger partial charge in [-0.15, -0.1) is 11.8 Å². The highest BCUT2D eigenvalue weighted by Crippen LogP contribution is 2.23. The number of carbonyl (C=O) groups excluding carboxylic acids is 1. The zero-order valence-corrected chi connectivity index (χ0v) is 14.0. The highest BCUT2D eigenvalue weighted by atomic mass is 32.2. The predicted octanol–water partition coefficient (Wildman–Crippen LogP) is 4.52. The summed E-state index contributed by atoms with van der Waals surface area (Å²) in [5, 5.41) is 11.5. The summed E-state index contributed by atoms with van der Waals surface area (Å²) in [7, 11) is 0. The minimum Gasteiger partial charge on any atom is -0.478 e. The fraction of sp³-hybridized carbons (Fsp3) is 0.0526. The first-order valence-electron chi connectivity index (χ1n) is 7.53. The highest BCUT2D eigenvalue weighted by molar-refractivity contribution is 7.98. The van der Waals surface area contributed by atoms with Crippen LogP contribution in [-0.2, 0) is 5.75 Å². The third-order valence-electron chi connectivity index (χ3n) is 3.40. The van der Waals surface area contributed by atoms with Gasteiger partial charge >= 0.3 is 5.97 Å². The van der Waals surface area contributed by atoms with Gasteiger partial charge in [-0.1, -0.05) is 18.2 Å². The number of amides is 1. The average Bonchev–Trinajstić information content (AvgIpc) is 3.10. The van der Waals surface area contributed by atoms with Crippen LogP contribution in [0.5, 0.6) is 0 Å². The Labute approximate surface area is 148 Å². The van der Waals surface area contributed by atoms with Crippen molar-refractivity contribution in [1.29, 1.82) is 0 Å². The molecule has 0 atom stereocenters. The molecule has 0 radical (unpaired) electrons. The summed E-state index contributed by atoms with van der Waals surface area (Å²) in [5.74, 6) is 0.166. The molecular formula is C19H15NO4S. The van der Waals surface area contributed by atoms with E-state index in [0.717, 1.165) is 4.90 Å². The van der Waals surface area contributed by atoms with Crippen LogP contribution in [0, 0.1) is 0 Å². The van der Waals surface area contributed by atoms with Crippen LogP contribution in [0.4, 0.5) is 5.69 Å². The van der Waals surface area contributed by atoms with Crippen molar-refractivity contribution in [2.24, 2.45) is 0 Å². The molecule has 1 amide bonds. The maximum absolute atomic E-state index is 12.2. The summed E-state index contributed by atoms with van der Waals surface area (Å²) < 4.78 is 5.57. The number of thioether (sulfide) groups is 1. The lowest BCUT2D eigenvalue weighted by atomic mass is 10.2. The number of furan rings is 1. The summed E-state index contributed by atoms with van der Waals surface area (Å²) in [6.07, 6.45) is 0. The molecule has 0 saturated carbocycles. The normalized spacial score (nSPS) is 10.4. The van der Waals surface area contributed by atoms with E-state index >= 15 is 0 Å². The Kier molecular flexibility index (Phi) is 5.20. The number of carboxylic acids is 1. The van der Waals surface area contributed by atoms with E-state index in [1.165, 1.54) is 24.3 Å². The van der Waals surface area contributed by atoms with Crippen molar-refractivity contribution >= 4 is 29.3 Å². The van der Waals surface area contributed by atoms with Crippen LogP contribution < -0.4 is 5.32 Å². The lowest BCUT2D eigenvalue weighted by Gasteiger charge is -2.03. The summed E-state index contributed by atoms with van der Waals surface area (Å²) in [6, 6.07) is 19.3. The molecule has 2 N–H and O–H groups in total. The van der Waals surface area contributed by atoms with Crippen LogP contribution in [0.1, 0.15) is 26.7 Å². The Morgan fingerprint density at radius 2 is 1.68 bits per heavy atom. The number of carboxylic acid groups (broad SMARTS) is 1. The van der Waals surface area contributed by atoms with Gasteiger partial charge in [-0.2, -0.15) is 0 Å². The van der Waals surface area contributed by atoms with Gasteiger partial charge < -0.3 is 14.8 Å². The van der Waals surface area contributed by atoms with Crippen molar-refractivity contribution in [3.63, 3.8) is 0 Å². The Hall–Kier alpha value is -2.99. The van der Waals surface area contributed by atoms with Crippen molar-refractivity contribution in [2.45, 2.75) is 10.6 Å². The molecular weight excluding hydrogens is 338 g/mol. The molecule has 0 aliphatic heterocycles. The molecule has 0 aliphatic carbocycles. The fourth-order valence-electron chi connectivity index (χ4n) is 2.14. The number of carbonyl (C=O) groups is 2. The van der Waals surface area contributed by atoms with E-state index in [9.17, 15) is 9.59 Å². The summed E-state index contributed by atoms with van der Waals surface area (Å²) in [4.78, 5) is 24.1. The van der Waals surface area contributed by atoms with E-state index in [1.54, 1.807) is 23.9 Å². The number of rotatable bonds is 6. The first-order chi connectivity index (χ1) is 12.1. The third kappa shape index (κ3) is 4.51. The molecule has 6 heteroatoms. The van der Waals surface area contributed by atoms with E-state index in [0.29, 0.717) is 17.2 Å². The zero-order valence-electron chi connectivity index (χ0n) is 13.1. The monoisotopic (exact) mass is 353 g/mol. The molecule has 126 valence electrons. The lowest BCUT2D eigenvalue weighted by Crippen LogP contribution is -2.11. The summed E-state index contributed by atoms with van der Waals surface area (Å²) >= 11 is 1.63. The zero-order chi connectivity index (χ0) is 17.6. The Balaban J connectivity index is 1.59. The van der Waals surface area contributed by atoms with Crippen LogP contribution in [-0.4, -0.2) is 17.0 Å². The minimum absolute atomic E-state index is 0.163. The van der Waals surface area contributed by atoms with Crippen molar-refractivity contribution in [3.05, 3.63) is 83.8 Å². The van der Waals surface area contributed by atoms with Gasteiger partial charge in [0.1, 0.15) is 5.76 Å². The summed E-state index contributed by atoms with van der Waals surface area (Å²) in [6.45, 7) is 0. The standard InChI is InChI=1S/C19H15NO4S/c21-18(20-14-8-6-13(7-9-14)19(22)23)17-11-10-15(24-17)12-25-16-4-2-1-3-5-16/h1-11H,12H2,(H,20,21)(H,22,23). The molecule has 25 heavy (non-hydrogen) atoms. The maximum atomic E-state index is 12.2. The number of anilines is 1. The molecule has 3 aromatic rings. The van der Waals surface area contributed by atoms with Crippen LogP contribution in [0.3, 0.4) is 0 Å². The molecule has 0 spiro atoms. The van der Waals surface area contributed by atoms with Gasteiger partial charge in [-0.05, 0) is 48.5 Å². The second-order valence-corrected chi connectivity index (χ2v) is 6.25. The van der Waals surface area contributed by atoms with Crippen LogP contribution in [0.2, 0.25) is 0 Å². The molecule has 1 heterocycles. The predicted molar refractivity (Wildman–Crippen MR) is 96.1 cm³/mol. The van der Waals surface area contributed by atoms with Crippen molar-refractivity contribution < 1.29 is 19.1 Å². The van der Waals surface area contributed by atoms with Crippen molar-refractivity contribution in [2.75, 3.05) is 5.32 Å². The SMILES string of the molecule is O=C(O)c1ccc(NC(=O)c2ccc(CSc3ccccc3)o2)cc1. The Bertz CT molecular complexity index is 872. The number of benzene rings is 2. The second-order valence-electron chi connectivity index (χ2n) is 5.20. The number of hydrogen-bond acceptors (Lipinski definition) is 4. The van der Waals surface area contributed by atoms with Crippen molar-refractivity contribution in [3.8, 4) is 0 Å². The highest BCUT2D eigenvalue weighted by Gasteiger charge is 2.12. The molecule has 0 bridgehead atoms. The molecule has 3 rings (SSSR count). The quantitative estimate of drug-likeness (QED) is 0.637. The van der Waals surface area contributed by atoms with Crippen LogP contribution in [0.15, 0.2) is 76.0 Å². The average molecular weight is 353 g/mol. The molecule has 1 aromatic heterocycles. The first kappa shape index (κ1) is 16.9. The van der Waals surface area contributed by atoms with Crippen LogP contribution in [0.25, 0.3) is 0 Å². The van der Waals surface area contributed by atoms with E-state index in [4.69, 9.17) is 9.52 Å². The molecule has 0 saturated heterocycles. The maximum Gasteiger partial charge on any atom is 0.335 e. The van der Waals surface area contributed by atoms with Gasteiger partial charge in [-0.25, -0.2) is 4.79 Å². The van der Waals surface area contributed by atoms with Gasteiger partial charge in [0, 0.05) is 10.6 Å². The molecule has 5 nitrogen and oxygen atoms in total. The van der Waals surface area contributed by atoms with Crippen molar-refractivity contribution in [1.82, 2.24) is 0 Å². The van der Waals surface area contributed by atoms with E-state index in [1.807, 2.05) is 30.3 Å². The number of hydrogen-bond donors (Lipinski definition) is 2. The lowest BCUT2D eigenvalue weighted by molar-refractivity contribution is 0.0696. The Morgan fingerprint density at radius 1 is 0.960 bits per heavy atom. The molecule has 2 aromatic carbocycles. The van der Waals surface area contributed by atoms with E-state index in [2.05, 4.69) is 5.32 Å². The smallest absolute Gasteiger partial charge is 0.335 e. The molecule has 0 unspecified atom stereocenters. The first-order valence-corrected chi connectivity index (χ1v) is 8.51.